The largest absolute Gasteiger partial charge is 0.321 e. The van der Waals surface area contributed by atoms with Crippen molar-refractivity contribution < 1.29 is 0 Å². The minimum absolute atomic E-state index is 0.0834. The first-order valence-corrected chi connectivity index (χ1v) is 4.58. The van der Waals surface area contributed by atoms with Crippen LogP contribution in [-0.2, 0) is 0 Å². The predicted octanol–water partition coefficient (Wildman–Crippen LogP) is 2.94. The Morgan fingerprint density at radius 3 is 2.75 bits per heavy atom. The summed E-state index contributed by atoms with van der Waals surface area (Å²) in [6.07, 6.45) is 1.73. The number of halogens is 1. The molecule has 0 aliphatic carbocycles. The summed E-state index contributed by atoms with van der Waals surface area (Å²) in [5.74, 6) is 0. The summed E-state index contributed by atoms with van der Waals surface area (Å²) in [7, 11) is 0. The molecule has 1 nitrogen and oxygen atoms in total. The van der Waals surface area contributed by atoms with E-state index < -0.39 is 0 Å². The topological polar surface area (TPSA) is 26.0 Å². The average Bonchev–Trinajstić information content (AvgIpc) is 2.03. The van der Waals surface area contributed by atoms with Crippen LogP contribution >= 0.6 is 15.9 Å². The van der Waals surface area contributed by atoms with Crippen LogP contribution in [0.3, 0.4) is 0 Å². The lowest BCUT2D eigenvalue weighted by Crippen LogP contribution is -2.07. The second-order valence-corrected chi connectivity index (χ2v) is 3.64. The summed E-state index contributed by atoms with van der Waals surface area (Å²) in [5.41, 5.74) is 8.10. The Hall–Kier alpha value is -0.600. The molecular weight excluding hydrogens is 214 g/mol. The molecule has 0 spiro atoms. The van der Waals surface area contributed by atoms with Gasteiger partial charge in [-0.05, 0) is 24.1 Å². The summed E-state index contributed by atoms with van der Waals surface area (Å²) >= 11 is 3.46. The second kappa shape index (κ2) is 3.87. The van der Waals surface area contributed by atoms with E-state index in [9.17, 15) is 0 Å². The van der Waals surface area contributed by atoms with Crippen molar-refractivity contribution in [1.29, 1.82) is 0 Å². The van der Waals surface area contributed by atoms with Gasteiger partial charge in [0.1, 0.15) is 0 Å². The van der Waals surface area contributed by atoms with Gasteiger partial charge in [0.15, 0.2) is 0 Å². The minimum atomic E-state index is -0.0834. The lowest BCUT2D eigenvalue weighted by atomic mass is 10.1. The number of aryl methyl sites for hydroxylation is 1. The van der Waals surface area contributed by atoms with Crippen LogP contribution in [0, 0.1) is 6.92 Å². The Morgan fingerprint density at radius 1 is 1.58 bits per heavy atom. The number of benzene rings is 1. The van der Waals surface area contributed by atoms with Gasteiger partial charge < -0.3 is 5.73 Å². The van der Waals surface area contributed by atoms with Crippen LogP contribution in [0.25, 0.3) is 0 Å². The van der Waals surface area contributed by atoms with E-state index in [1.807, 2.05) is 19.1 Å². The van der Waals surface area contributed by atoms with Crippen LogP contribution in [0.2, 0.25) is 0 Å². The SMILES string of the molecule is C=CC(N)c1ccc(C)cc1Br. The van der Waals surface area contributed by atoms with Crippen molar-refractivity contribution in [3.8, 4) is 0 Å². The molecule has 0 saturated heterocycles. The standard InChI is InChI=1S/C10H12BrN/c1-3-10(12)8-5-4-7(2)6-9(8)11/h3-6,10H,1,12H2,2H3. The van der Waals surface area contributed by atoms with Crippen molar-refractivity contribution in [1.82, 2.24) is 0 Å². The van der Waals surface area contributed by atoms with E-state index in [1.165, 1.54) is 5.56 Å². The molecule has 0 saturated carbocycles. The molecule has 0 radical (unpaired) electrons. The van der Waals surface area contributed by atoms with Gasteiger partial charge in [-0.25, -0.2) is 0 Å². The van der Waals surface area contributed by atoms with E-state index in [0.717, 1.165) is 10.0 Å². The van der Waals surface area contributed by atoms with Gasteiger partial charge in [0, 0.05) is 10.5 Å². The van der Waals surface area contributed by atoms with E-state index >= 15 is 0 Å². The molecule has 1 unspecified atom stereocenters. The third kappa shape index (κ3) is 1.96. The van der Waals surface area contributed by atoms with E-state index in [4.69, 9.17) is 5.73 Å². The van der Waals surface area contributed by atoms with E-state index in [1.54, 1.807) is 6.08 Å². The lowest BCUT2D eigenvalue weighted by Gasteiger charge is -2.09. The molecule has 2 heteroatoms. The Balaban J connectivity index is 3.09. The molecule has 0 heterocycles. The smallest absolute Gasteiger partial charge is 0.0489 e. The third-order valence-electron chi connectivity index (χ3n) is 1.77. The maximum atomic E-state index is 5.80. The highest BCUT2D eigenvalue weighted by Crippen LogP contribution is 2.23. The van der Waals surface area contributed by atoms with E-state index in [2.05, 4.69) is 28.6 Å². The molecular formula is C10H12BrN. The molecule has 1 aromatic rings. The van der Waals surface area contributed by atoms with Gasteiger partial charge in [-0.1, -0.05) is 34.1 Å². The van der Waals surface area contributed by atoms with Crippen molar-refractivity contribution >= 4 is 15.9 Å². The Bertz CT molecular complexity index is 294. The van der Waals surface area contributed by atoms with Crippen LogP contribution in [0.5, 0.6) is 0 Å². The van der Waals surface area contributed by atoms with Gasteiger partial charge in [0.05, 0.1) is 0 Å². The summed E-state index contributed by atoms with van der Waals surface area (Å²) in [4.78, 5) is 0. The third-order valence-corrected chi connectivity index (χ3v) is 2.46. The zero-order chi connectivity index (χ0) is 9.14. The summed E-state index contributed by atoms with van der Waals surface area (Å²) < 4.78 is 1.05. The van der Waals surface area contributed by atoms with Crippen molar-refractivity contribution in [2.45, 2.75) is 13.0 Å². The van der Waals surface area contributed by atoms with Gasteiger partial charge in [-0.2, -0.15) is 0 Å². The molecule has 1 aromatic carbocycles. The summed E-state index contributed by atoms with van der Waals surface area (Å²) in [6, 6.07) is 6.04. The highest BCUT2D eigenvalue weighted by atomic mass is 79.9. The van der Waals surface area contributed by atoms with Crippen LogP contribution in [-0.4, -0.2) is 0 Å². The van der Waals surface area contributed by atoms with Crippen LogP contribution < -0.4 is 5.73 Å². The van der Waals surface area contributed by atoms with Crippen molar-refractivity contribution in [3.63, 3.8) is 0 Å². The van der Waals surface area contributed by atoms with E-state index in [-0.39, 0.29) is 6.04 Å². The molecule has 0 aliphatic heterocycles. The first-order valence-electron chi connectivity index (χ1n) is 3.79. The van der Waals surface area contributed by atoms with E-state index in [0.29, 0.717) is 0 Å². The number of hydrogen-bond acceptors (Lipinski definition) is 1. The monoisotopic (exact) mass is 225 g/mol. The molecule has 1 atom stereocenters. The molecule has 12 heavy (non-hydrogen) atoms. The molecule has 2 N–H and O–H groups in total. The fraction of sp³-hybridized carbons (Fsp3) is 0.200. The van der Waals surface area contributed by atoms with Gasteiger partial charge in [-0.3, -0.25) is 0 Å². The highest BCUT2D eigenvalue weighted by Gasteiger charge is 2.04. The molecule has 0 bridgehead atoms. The number of nitrogens with two attached hydrogens (primary N) is 1. The highest BCUT2D eigenvalue weighted by molar-refractivity contribution is 9.10. The summed E-state index contributed by atoms with van der Waals surface area (Å²) in [6.45, 7) is 5.70. The maximum Gasteiger partial charge on any atom is 0.0489 e. The predicted molar refractivity (Wildman–Crippen MR) is 56.0 cm³/mol. The molecule has 0 fully saturated rings. The average molecular weight is 226 g/mol. The number of rotatable bonds is 2. The lowest BCUT2D eigenvalue weighted by molar-refractivity contribution is 0.907. The molecule has 0 amide bonds. The quantitative estimate of drug-likeness (QED) is 0.771. The van der Waals surface area contributed by atoms with Gasteiger partial charge in [-0.15, -0.1) is 6.58 Å². The fourth-order valence-electron chi connectivity index (χ4n) is 1.03. The fourth-order valence-corrected chi connectivity index (χ4v) is 1.79. The second-order valence-electron chi connectivity index (χ2n) is 2.79. The molecule has 0 aromatic heterocycles. The van der Waals surface area contributed by atoms with Gasteiger partial charge in [0.25, 0.3) is 0 Å². The van der Waals surface area contributed by atoms with Crippen molar-refractivity contribution in [3.05, 3.63) is 46.5 Å². The van der Waals surface area contributed by atoms with Gasteiger partial charge in [0.2, 0.25) is 0 Å². The van der Waals surface area contributed by atoms with Crippen molar-refractivity contribution in [2.75, 3.05) is 0 Å². The Morgan fingerprint density at radius 2 is 2.25 bits per heavy atom. The minimum Gasteiger partial charge on any atom is -0.321 e. The molecule has 64 valence electrons. The van der Waals surface area contributed by atoms with Crippen LogP contribution in [0.15, 0.2) is 35.3 Å². The van der Waals surface area contributed by atoms with Gasteiger partial charge >= 0.3 is 0 Å². The Kier molecular flexibility index (Phi) is 3.06. The van der Waals surface area contributed by atoms with Crippen LogP contribution in [0.1, 0.15) is 17.2 Å². The van der Waals surface area contributed by atoms with Crippen LogP contribution in [0.4, 0.5) is 0 Å². The zero-order valence-corrected chi connectivity index (χ0v) is 8.64. The first-order chi connectivity index (χ1) is 5.65. The maximum absolute atomic E-state index is 5.80. The summed E-state index contributed by atoms with van der Waals surface area (Å²) in [5, 5.41) is 0. The number of hydrogen-bond donors (Lipinski definition) is 1. The molecule has 1 rings (SSSR count). The molecule has 0 aliphatic rings. The van der Waals surface area contributed by atoms with Crippen molar-refractivity contribution in [2.24, 2.45) is 5.73 Å². The Labute approximate surface area is 81.4 Å². The zero-order valence-electron chi connectivity index (χ0n) is 7.05. The normalized spacial score (nSPS) is 12.6. The first kappa shape index (κ1) is 9.49.